The van der Waals surface area contributed by atoms with E-state index in [2.05, 4.69) is 4.90 Å². The second-order valence-corrected chi connectivity index (χ2v) is 5.13. The fourth-order valence-corrected chi connectivity index (χ4v) is 3.29. The average molecular weight is 231 g/mol. The van der Waals surface area contributed by atoms with Crippen LogP contribution in [0.3, 0.4) is 0 Å². The molecule has 2 saturated heterocycles. The van der Waals surface area contributed by atoms with Crippen molar-refractivity contribution in [3.8, 4) is 0 Å². The number of piperidine rings is 1. The predicted octanol–water partition coefficient (Wildman–Crippen LogP) is 1.99. The zero-order valence-corrected chi connectivity index (χ0v) is 9.75. The van der Waals surface area contributed by atoms with Crippen LogP contribution in [-0.4, -0.2) is 29.6 Å². The summed E-state index contributed by atoms with van der Waals surface area (Å²) in [5.41, 5.74) is 1.91. The van der Waals surface area contributed by atoms with Crippen molar-refractivity contribution in [3.05, 3.63) is 29.8 Å². The molecule has 2 heterocycles. The highest BCUT2D eigenvalue weighted by Gasteiger charge is 2.39. The molecule has 2 atom stereocenters. The Bertz CT molecular complexity index is 401. The lowest BCUT2D eigenvalue weighted by Crippen LogP contribution is -2.44. The van der Waals surface area contributed by atoms with Gasteiger partial charge in [0, 0.05) is 23.3 Å². The van der Waals surface area contributed by atoms with Gasteiger partial charge in [-0.05, 0) is 49.9 Å². The van der Waals surface area contributed by atoms with Crippen LogP contribution in [0.4, 0.5) is 5.69 Å². The summed E-state index contributed by atoms with van der Waals surface area (Å²) in [4.78, 5) is 13.1. The molecule has 90 valence electrons. The Balaban J connectivity index is 1.86. The number of fused-ring (bicyclic) bond motifs is 2. The number of carbonyl (C=O) groups is 1. The highest BCUT2D eigenvalue weighted by Crippen LogP contribution is 2.39. The number of aldehydes is 1. The maximum atomic E-state index is 10.6. The molecule has 1 aromatic rings. The molecule has 2 fully saturated rings. The number of aliphatic hydroxyl groups excluding tert-OH is 1. The van der Waals surface area contributed by atoms with E-state index in [-0.39, 0.29) is 6.10 Å². The topological polar surface area (TPSA) is 40.5 Å². The van der Waals surface area contributed by atoms with Gasteiger partial charge in [-0.15, -0.1) is 0 Å². The average Bonchev–Trinajstić information content (AvgIpc) is 2.62. The molecule has 2 aliphatic rings. The van der Waals surface area contributed by atoms with Gasteiger partial charge in [0.25, 0.3) is 0 Å². The number of anilines is 1. The van der Waals surface area contributed by atoms with E-state index in [0.717, 1.165) is 24.7 Å². The number of hydrogen-bond acceptors (Lipinski definition) is 3. The van der Waals surface area contributed by atoms with Gasteiger partial charge in [-0.2, -0.15) is 0 Å². The molecule has 17 heavy (non-hydrogen) atoms. The van der Waals surface area contributed by atoms with Gasteiger partial charge in [0.15, 0.2) is 0 Å². The normalized spacial score (nSPS) is 31.6. The Kier molecular flexibility index (Phi) is 2.63. The smallest absolute Gasteiger partial charge is 0.150 e. The van der Waals surface area contributed by atoms with E-state index in [9.17, 15) is 9.90 Å². The van der Waals surface area contributed by atoms with Crippen LogP contribution in [0.25, 0.3) is 0 Å². The first-order valence-corrected chi connectivity index (χ1v) is 6.29. The summed E-state index contributed by atoms with van der Waals surface area (Å²) < 4.78 is 0. The van der Waals surface area contributed by atoms with Crippen LogP contribution in [0.15, 0.2) is 24.3 Å². The molecule has 3 rings (SSSR count). The quantitative estimate of drug-likeness (QED) is 0.791. The standard InChI is InChI=1S/C14H17NO2/c16-9-10-1-3-11(4-2-10)15-12-5-6-13(15)8-14(17)7-12/h1-4,9,12-14,17H,5-8H2. The molecule has 0 radical (unpaired) electrons. The van der Waals surface area contributed by atoms with E-state index in [1.165, 1.54) is 18.5 Å². The van der Waals surface area contributed by atoms with Gasteiger partial charge in [0.05, 0.1) is 6.10 Å². The van der Waals surface area contributed by atoms with Gasteiger partial charge in [-0.1, -0.05) is 0 Å². The summed E-state index contributed by atoms with van der Waals surface area (Å²) >= 11 is 0. The number of aliphatic hydroxyl groups is 1. The minimum Gasteiger partial charge on any atom is -0.393 e. The third-order valence-corrected chi connectivity index (χ3v) is 4.04. The molecule has 1 N–H and O–H groups in total. The number of benzene rings is 1. The van der Waals surface area contributed by atoms with Crippen molar-refractivity contribution >= 4 is 12.0 Å². The first-order chi connectivity index (χ1) is 8.28. The number of hydrogen-bond donors (Lipinski definition) is 1. The Labute approximate surface area is 101 Å². The molecule has 2 bridgehead atoms. The van der Waals surface area contributed by atoms with Crippen molar-refractivity contribution in [2.24, 2.45) is 0 Å². The third kappa shape index (κ3) is 1.84. The summed E-state index contributed by atoms with van der Waals surface area (Å²) in [7, 11) is 0. The van der Waals surface area contributed by atoms with Crippen LogP contribution in [-0.2, 0) is 0 Å². The fraction of sp³-hybridized carbons (Fsp3) is 0.500. The lowest BCUT2D eigenvalue weighted by molar-refractivity contribution is 0.112. The summed E-state index contributed by atoms with van der Waals surface area (Å²) in [6.45, 7) is 0. The Morgan fingerprint density at radius 1 is 1.12 bits per heavy atom. The minimum absolute atomic E-state index is 0.127. The second-order valence-electron chi connectivity index (χ2n) is 5.13. The molecule has 0 aliphatic carbocycles. The number of rotatable bonds is 2. The van der Waals surface area contributed by atoms with Gasteiger partial charge in [0.1, 0.15) is 6.29 Å². The van der Waals surface area contributed by atoms with E-state index >= 15 is 0 Å². The molecule has 2 unspecified atom stereocenters. The van der Waals surface area contributed by atoms with E-state index < -0.39 is 0 Å². The Morgan fingerprint density at radius 2 is 1.71 bits per heavy atom. The summed E-state index contributed by atoms with van der Waals surface area (Å²) in [6.07, 6.45) is 4.86. The van der Waals surface area contributed by atoms with Crippen LogP contribution in [0.5, 0.6) is 0 Å². The lowest BCUT2D eigenvalue weighted by Gasteiger charge is -2.39. The van der Waals surface area contributed by atoms with Crippen LogP contribution >= 0.6 is 0 Å². The second kappa shape index (κ2) is 4.15. The number of nitrogens with zero attached hydrogens (tertiary/aromatic N) is 1. The monoisotopic (exact) mass is 231 g/mol. The molecular formula is C14H17NO2. The zero-order valence-electron chi connectivity index (χ0n) is 9.75. The predicted molar refractivity (Wildman–Crippen MR) is 66.4 cm³/mol. The Morgan fingerprint density at radius 3 is 2.24 bits per heavy atom. The molecule has 0 saturated carbocycles. The van der Waals surface area contributed by atoms with Gasteiger partial charge in [-0.25, -0.2) is 0 Å². The van der Waals surface area contributed by atoms with Gasteiger partial charge in [-0.3, -0.25) is 4.79 Å². The summed E-state index contributed by atoms with van der Waals surface area (Å²) in [5, 5.41) is 9.76. The minimum atomic E-state index is -0.127. The van der Waals surface area contributed by atoms with Gasteiger partial charge >= 0.3 is 0 Å². The van der Waals surface area contributed by atoms with Crippen molar-refractivity contribution < 1.29 is 9.90 Å². The maximum Gasteiger partial charge on any atom is 0.150 e. The maximum absolute atomic E-state index is 10.6. The van der Waals surface area contributed by atoms with Crippen molar-refractivity contribution in [3.63, 3.8) is 0 Å². The lowest BCUT2D eigenvalue weighted by atomic mass is 9.99. The molecule has 3 nitrogen and oxygen atoms in total. The third-order valence-electron chi connectivity index (χ3n) is 4.04. The SMILES string of the molecule is O=Cc1ccc(N2C3CCC2CC(O)C3)cc1. The first kappa shape index (κ1) is 10.8. The molecule has 3 heteroatoms. The van der Waals surface area contributed by atoms with E-state index in [0.29, 0.717) is 12.1 Å². The summed E-state index contributed by atoms with van der Waals surface area (Å²) in [5.74, 6) is 0. The largest absolute Gasteiger partial charge is 0.393 e. The van der Waals surface area contributed by atoms with Crippen molar-refractivity contribution in [1.29, 1.82) is 0 Å². The molecular weight excluding hydrogens is 214 g/mol. The highest BCUT2D eigenvalue weighted by molar-refractivity contribution is 5.75. The molecule has 0 aromatic heterocycles. The Hall–Kier alpha value is -1.35. The van der Waals surface area contributed by atoms with E-state index in [4.69, 9.17) is 0 Å². The van der Waals surface area contributed by atoms with Crippen LogP contribution in [0.2, 0.25) is 0 Å². The molecule has 0 amide bonds. The van der Waals surface area contributed by atoms with E-state index in [1.54, 1.807) is 0 Å². The van der Waals surface area contributed by atoms with Crippen molar-refractivity contribution in [2.75, 3.05) is 4.90 Å². The van der Waals surface area contributed by atoms with Gasteiger partial charge < -0.3 is 10.0 Å². The van der Waals surface area contributed by atoms with E-state index in [1.807, 2.05) is 24.3 Å². The van der Waals surface area contributed by atoms with Crippen LogP contribution in [0, 0.1) is 0 Å². The molecule has 1 aromatic carbocycles. The van der Waals surface area contributed by atoms with Gasteiger partial charge in [0.2, 0.25) is 0 Å². The van der Waals surface area contributed by atoms with Crippen LogP contribution < -0.4 is 4.90 Å². The van der Waals surface area contributed by atoms with Crippen LogP contribution in [0.1, 0.15) is 36.0 Å². The zero-order chi connectivity index (χ0) is 11.8. The molecule has 0 spiro atoms. The first-order valence-electron chi connectivity index (χ1n) is 6.29. The molecule has 2 aliphatic heterocycles. The highest BCUT2D eigenvalue weighted by atomic mass is 16.3. The van der Waals surface area contributed by atoms with Crippen molar-refractivity contribution in [2.45, 2.75) is 43.9 Å². The fourth-order valence-electron chi connectivity index (χ4n) is 3.29. The summed E-state index contributed by atoms with van der Waals surface area (Å²) in [6, 6.07) is 8.73. The number of carbonyl (C=O) groups excluding carboxylic acids is 1. The van der Waals surface area contributed by atoms with Crippen molar-refractivity contribution in [1.82, 2.24) is 0 Å².